The molecular weight excluding hydrogens is 542 g/mol. The van der Waals surface area contributed by atoms with Crippen molar-refractivity contribution in [3.05, 3.63) is 12.2 Å². The van der Waals surface area contributed by atoms with E-state index in [-0.39, 0.29) is 23.7 Å². The molecule has 42 heavy (non-hydrogen) atoms. The zero-order chi connectivity index (χ0) is 32.5. The van der Waals surface area contributed by atoms with Gasteiger partial charge in [-0.25, -0.2) is 9.59 Å². The second-order valence-corrected chi connectivity index (χ2v) is 14.2. The summed E-state index contributed by atoms with van der Waals surface area (Å²) in [4.78, 5) is 79.0. The Hall–Kier alpha value is -3.44. The summed E-state index contributed by atoms with van der Waals surface area (Å²) in [6, 6.07) is -4.99. The lowest BCUT2D eigenvalue weighted by Crippen LogP contribution is -2.62. The van der Waals surface area contributed by atoms with Crippen molar-refractivity contribution in [3.63, 3.8) is 0 Å². The van der Waals surface area contributed by atoms with Crippen molar-refractivity contribution in [1.82, 2.24) is 20.9 Å². The predicted octanol–water partition coefficient (Wildman–Crippen LogP) is 1.81. The number of carbonyl (C=O) groups excluding carboxylic acids is 6. The number of hydrogen-bond acceptors (Lipinski definition) is 7. The average molecular weight is 592 g/mol. The molecule has 12 nitrogen and oxygen atoms in total. The number of rotatable bonds is 11. The van der Waals surface area contributed by atoms with E-state index in [2.05, 4.69) is 22.5 Å². The van der Waals surface area contributed by atoms with Gasteiger partial charge in [-0.05, 0) is 62.4 Å². The van der Waals surface area contributed by atoms with Crippen LogP contribution in [0.3, 0.4) is 0 Å². The Balaban J connectivity index is 2.31. The third kappa shape index (κ3) is 7.89. The molecule has 1 unspecified atom stereocenters. The van der Waals surface area contributed by atoms with Crippen LogP contribution in [0.25, 0.3) is 0 Å². The van der Waals surface area contributed by atoms with Gasteiger partial charge in [-0.1, -0.05) is 54.5 Å². The summed E-state index contributed by atoms with van der Waals surface area (Å²) in [6.07, 6.45) is 0.744. The van der Waals surface area contributed by atoms with Gasteiger partial charge in [0, 0.05) is 6.54 Å². The lowest BCUT2D eigenvalue weighted by molar-refractivity contribution is -0.156. The van der Waals surface area contributed by atoms with Crippen molar-refractivity contribution in [2.75, 3.05) is 6.54 Å². The first kappa shape index (κ1) is 34.8. The molecule has 0 radical (unpaired) electrons. The molecule has 1 saturated heterocycles. The molecule has 12 heteroatoms. The highest BCUT2D eigenvalue weighted by Crippen LogP contribution is 2.65. The molecule has 1 aliphatic carbocycles. The topological polar surface area (TPSA) is 177 Å². The van der Waals surface area contributed by atoms with Gasteiger partial charge >= 0.3 is 12.0 Å². The van der Waals surface area contributed by atoms with Crippen molar-refractivity contribution in [3.8, 4) is 0 Å². The van der Waals surface area contributed by atoms with Gasteiger partial charge in [0.25, 0.3) is 5.91 Å². The molecule has 2 fully saturated rings. The smallest absolute Gasteiger partial charge is 0.333 e. The highest BCUT2D eigenvalue weighted by atomic mass is 16.6. The minimum atomic E-state index is -1.14. The fourth-order valence-electron chi connectivity index (χ4n) is 5.66. The Morgan fingerprint density at radius 3 is 2.05 bits per heavy atom. The summed E-state index contributed by atoms with van der Waals surface area (Å²) in [5, 5.41) is 7.93. The maximum absolute atomic E-state index is 14.1. The highest BCUT2D eigenvalue weighted by molar-refractivity contribution is 6.37. The first-order chi connectivity index (χ1) is 19.0. The number of hydrogen-bond donors (Lipinski definition) is 4. The zero-order valence-corrected chi connectivity index (χ0v) is 26.7. The van der Waals surface area contributed by atoms with Crippen molar-refractivity contribution in [2.45, 2.75) is 112 Å². The van der Waals surface area contributed by atoms with Crippen LogP contribution in [0.1, 0.15) is 82.1 Å². The maximum atomic E-state index is 14.1. The molecule has 6 atom stereocenters. The number of ketones is 1. The van der Waals surface area contributed by atoms with Gasteiger partial charge < -0.3 is 31.3 Å². The third-order valence-corrected chi connectivity index (χ3v) is 8.01. The van der Waals surface area contributed by atoms with Crippen molar-refractivity contribution in [1.29, 1.82) is 0 Å². The second kappa shape index (κ2) is 12.4. The Morgan fingerprint density at radius 1 is 1.02 bits per heavy atom. The van der Waals surface area contributed by atoms with Gasteiger partial charge in [0.15, 0.2) is 0 Å². The molecule has 5 N–H and O–H groups in total. The number of nitrogens with two attached hydrogens (primary N) is 1. The summed E-state index contributed by atoms with van der Waals surface area (Å²) in [6.45, 7) is 21.9. The molecule has 0 aromatic rings. The number of amides is 5. The number of piperidine rings is 1. The number of nitrogens with zero attached hydrogens (tertiary/aromatic N) is 1. The minimum absolute atomic E-state index is 0.0445. The van der Waals surface area contributed by atoms with Gasteiger partial charge in [-0.3, -0.25) is 19.2 Å². The summed E-state index contributed by atoms with van der Waals surface area (Å²) in [5.74, 6) is -3.85. The van der Waals surface area contributed by atoms with E-state index in [1.165, 1.54) is 4.90 Å². The average Bonchev–Trinajstić information content (AvgIpc) is 3.15. The number of fused-ring (bicyclic) bond motifs is 1. The van der Waals surface area contributed by atoms with E-state index < -0.39 is 70.7 Å². The van der Waals surface area contributed by atoms with Crippen molar-refractivity contribution in [2.24, 2.45) is 28.4 Å². The molecule has 1 aliphatic heterocycles. The van der Waals surface area contributed by atoms with E-state index in [0.717, 1.165) is 0 Å². The van der Waals surface area contributed by atoms with Crippen LogP contribution in [-0.4, -0.2) is 76.7 Å². The summed E-state index contributed by atoms with van der Waals surface area (Å²) in [7, 11) is 0. The predicted molar refractivity (Wildman–Crippen MR) is 157 cm³/mol. The molecule has 0 bridgehead atoms. The van der Waals surface area contributed by atoms with E-state index in [9.17, 15) is 28.8 Å². The van der Waals surface area contributed by atoms with Gasteiger partial charge in [0.05, 0.1) is 6.04 Å². The highest BCUT2D eigenvalue weighted by Gasteiger charge is 2.69. The summed E-state index contributed by atoms with van der Waals surface area (Å²) in [5.41, 5.74) is 3.77. The zero-order valence-electron chi connectivity index (χ0n) is 26.7. The van der Waals surface area contributed by atoms with E-state index in [1.54, 1.807) is 48.5 Å². The number of nitrogens with one attached hydrogen (secondary N) is 3. The van der Waals surface area contributed by atoms with E-state index >= 15 is 0 Å². The third-order valence-electron chi connectivity index (χ3n) is 8.01. The van der Waals surface area contributed by atoms with Gasteiger partial charge in [-0.2, -0.15) is 0 Å². The van der Waals surface area contributed by atoms with Crippen LogP contribution in [0.15, 0.2) is 12.2 Å². The summed E-state index contributed by atoms with van der Waals surface area (Å²) >= 11 is 0. The molecule has 1 heterocycles. The number of Topliss-reactive ketones (excluding diaryl/α,β-unsaturated/α-hetero) is 1. The quantitative estimate of drug-likeness (QED) is 0.161. The van der Waals surface area contributed by atoms with Crippen LogP contribution in [0.2, 0.25) is 0 Å². The first-order valence-corrected chi connectivity index (χ1v) is 14.4. The minimum Gasteiger partial charge on any atom is -0.458 e. The molecule has 0 spiro atoms. The van der Waals surface area contributed by atoms with Crippen LogP contribution in [0.5, 0.6) is 0 Å². The molecule has 2 aliphatic rings. The molecule has 2 rings (SSSR count). The van der Waals surface area contributed by atoms with Crippen LogP contribution in [0.4, 0.5) is 4.79 Å². The molecule has 236 valence electrons. The number of urea groups is 1. The van der Waals surface area contributed by atoms with E-state index in [0.29, 0.717) is 18.5 Å². The summed E-state index contributed by atoms with van der Waals surface area (Å²) < 4.78 is 5.41. The Bertz CT molecular complexity index is 1130. The van der Waals surface area contributed by atoms with Crippen LogP contribution in [0, 0.1) is 22.7 Å². The molecule has 5 amide bonds. The molecular formula is C30H49N5O7. The standard InChI is InChI=1S/C30H49N5O7/c1-12-13-17(21(36)23(31)37)32-24(38)20-18-16(30(18,10)11)14-35(20)25(39)22(28(4,5)6)34-27(41)33-19(15(2)3)26(40)42-29(7,8)9/h16-20,22H,2,12-14H2,1,3-11H3,(H2,31,37)(H,32,38)(H2,33,34,41)/t16-,17?,18-,19-,20-,22+/m0/s1. The van der Waals surface area contributed by atoms with Crippen molar-refractivity contribution >= 4 is 35.5 Å². The van der Waals surface area contributed by atoms with Crippen LogP contribution >= 0.6 is 0 Å². The maximum Gasteiger partial charge on any atom is 0.333 e. The molecule has 1 saturated carbocycles. The van der Waals surface area contributed by atoms with E-state index in [4.69, 9.17) is 10.5 Å². The lowest BCUT2D eigenvalue weighted by atomic mass is 9.85. The van der Waals surface area contributed by atoms with Crippen LogP contribution < -0.4 is 21.7 Å². The van der Waals surface area contributed by atoms with Gasteiger partial charge in [-0.15, -0.1) is 0 Å². The van der Waals surface area contributed by atoms with E-state index in [1.807, 2.05) is 20.8 Å². The largest absolute Gasteiger partial charge is 0.458 e. The lowest BCUT2D eigenvalue weighted by Gasteiger charge is -2.38. The second-order valence-electron chi connectivity index (χ2n) is 14.2. The SMILES string of the molecule is C=C(C)[C@H](NC(=O)N[C@H](C(=O)N1C[C@H]2[C@@H]([C@H]1C(=O)NC(CCC)C(=O)C(N)=O)C2(C)C)C(C)(C)C)C(=O)OC(C)(C)C. The normalized spacial score (nSPS) is 23.0. The Morgan fingerprint density at radius 2 is 1.60 bits per heavy atom. The van der Waals surface area contributed by atoms with Gasteiger partial charge in [0.2, 0.25) is 17.6 Å². The molecule has 0 aromatic carbocycles. The van der Waals surface area contributed by atoms with Crippen molar-refractivity contribution < 1.29 is 33.5 Å². The van der Waals surface area contributed by atoms with Crippen LogP contribution in [-0.2, 0) is 28.7 Å². The number of likely N-dealkylation sites (tertiary alicyclic amines) is 1. The monoisotopic (exact) mass is 591 g/mol. The Labute approximate surface area is 248 Å². The number of esters is 1. The fourth-order valence-corrected chi connectivity index (χ4v) is 5.66. The number of carbonyl (C=O) groups is 6. The number of ether oxygens (including phenoxy) is 1. The first-order valence-electron chi connectivity index (χ1n) is 14.4. The molecule has 0 aromatic heterocycles. The number of primary amides is 1. The Kier molecular flexibility index (Phi) is 10.3. The van der Waals surface area contributed by atoms with Gasteiger partial charge in [0.1, 0.15) is 23.7 Å². The fraction of sp³-hybridized carbons (Fsp3) is 0.733.